The highest BCUT2D eigenvalue weighted by molar-refractivity contribution is 5.64. The van der Waals surface area contributed by atoms with E-state index in [0.29, 0.717) is 19.4 Å². The maximum atomic E-state index is 12.5. The zero-order chi connectivity index (χ0) is 15.6. The highest BCUT2D eigenvalue weighted by Gasteiger charge is 2.41. The van der Waals surface area contributed by atoms with Crippen molar-refractivity contribution >= 4 is 6.09 Å². The molecule has 0 bridgehead atoms. The average molecular weight is 300 g/mol. The van der Waals surface area contributed by atoms with E-state index < -0.39 is 12.5 Å². The molecule has 5 nitrogen and oxygen atoms in total. The summed E-state index contributed by atoms with van der Waals surface area (Å²) in [6.07, 6.45) is -1.14. The van der Waals surface area contributed by atoms with E-state index >= 15 is 0 Å². The molecule has 0 aromatic carbocycles. The van der Waals surface area contributed by atoms with Crippen LogP contribution in [0.5, 0.6) is 0 Å². The lowest BCUT2D eigenvalue weighted by molar-refractivity contribution is -0.122. The summed E-state index contributed by atoms with van der Waals surface area (Å²) in [5.74, 6) is 0. The number of hydrogen-bond acceptors (Lipinski definition) is 3. The fourth-order valence-electron chi connectivity index (χ4n) is 2.68. The Hall–Kier alpha value is -1.76. The summed E-state index contributed by atoms with van der Waals surface area (Å²) in [6, 6.07) is 2.64. The summed E-state index contributed by atoms with van der Waals surface area (Å²) in [6.45, 7) is 4.23. The lowest BCUT2D eigenvalue weighted by Gasteiger charge is -2.34. The topological polar surface area (TPSA) is 62.7 Å². The number of hydroxylamine groups is 2. The first-order valence-corrected chi connectivity index (χ1v) is 6.69. The van der Waals surface area contributed by atoms with Crippen molar-refractivity contribution in [1.29, 1.82) is 0 Å². The molecule has 0 aliphatic carbocycles. The van der Waals surface area contributed by atoms with Crippen LogP contribution in [0.1, 0.15) is 38.0 Å². The van der Waals surface area contributed by atoms with E-state index in [1.807, 2.05) is 13.8 Å². The first-order valence-electron chi connectivity index (χ1n) is 6.69. The van der Waals surface area contributed by atoms with Gasteiger partial charge in [-0.3, -0.25) is 9.82 Å². The molecule has 21 heavy (non-hydrogen) atoms. The van der Waals surface area contributed by atoms with Gasteiger partial charge in [-0.15, -0.1) is 0 Å². The second kappa shape index (κ2) is 5.93. The number of nitrogens with zero attached hydrogens (tertiary/aromatic N) is 2. The minimum Gasteiger partial charge on any atom is -0.463 e. The molecule has 1 aliphatic heterocycles. The predicted molar refractivity (Wildman–Crippen MR) is 70.9 cm³/mol. The number of hydrogen-bond donors (Lipinski definition) is 1. The van der Waals surface area contributed by atoms with E-state index in [1.165, 1.54) is 12.3 Å². The second-order valence-electron chi connectivity index (χ2n) is 5.80. The third kappa shape index (κ3) is 3.47. The summed E-state index contributed by atoms with van der Waals surface area (Å²) in [4.78, 5) is 20.0. The van der Waals surface area contributed by atoms with Crippen molar-refractivity contribution in [2.24, 2.45) is 5.41 Å². The summed E-state index contributed by atoms with van der Waals surface area (Å²) in [5.41, 5.74) is 0.151. The molecule has 1 saturated heterocycles. The average Bonchev–Trinajstić information content (AvgIpc) is 2.89. The van der Waals surface area contributed by atoms with Gasteiger partial charge in [0.1, 0.15) is 5.69 Å². The van der Waals surface area contributed by atoms with Crippen LogP contribution in [0, 0.1) is 5.41 Å². The molecule has 1 aliphatic rings. The second-order valence-corrected chi connectivity index (χ2v) is 5.80. The van der Waals surface area contributed by atoms with Crippen molar-refractivity contribution in [3.63, 3.8) is 0 Å². The van der Waals surface area contributed by atoms with Crippen molar-refractivity contribution in [3.05, 3.63) is 29.6 Å². The number of halogens is 2. The molecule has 1 aromatic heterocycles. The van der Waals surface area contributed by atoms with Crippen LogP contribution < -0.4 is 0 Å². The van der Waals surface area contributed by atoms with Gasteiger partial charge in [0.2, 0.25) is 0 Å². The quantitative estimate of drug-likeness (QED) is 0.927. The lowest BCUT2D eigenvalue weighted by Crippen LogP contribution is -2.44. The molecule has 0 saturated carbocycles. The largest absolute Gasteiger partial charge is 0.463 e. The van der Waals surface area contributed by atoms with Crippen molar-refractivity contribution in [2.45, 2.75) is 39.2 Å². The molecule has 1 fully saturated rings. The Morgan fingerprint density at radius 2 is 2.29 bits per heavy atom. The Morgan fingerprint density at radius 3 is 2.81 bits per heavy atom. The molecule has 7 heteroatoms. The highest BCUT2D eigenvalue weighted by atomic mass is 19.3. The van der Waals surface area contributed by atoms with Crippen LogP contribution in [0.3, 0.4) is 0 Å². The maximum absolute atomic E-state index is 12.5. The SMILES string of the molecule is CC(C)(Cc1ccc(C(F)F)nc1)[C@@H]1CCON1C(=O)O. The number of aromatic nitrogens is 1. The van der Waals surface area contributed by atoms with E-state index in [0.717, 1.165) is 10.6 Å². The molecular weight excluding hydrogens is 282 g/mol. The monoisotopic (exact) mass is 300 g/mol. The smallest absolute Gasteiger partial charge is 0.431 e. The molecule has 1 atom stereocenters. The van der Waals surface area contributed by atoms with Gasteiger partial charge >= 0.3 is 6.09 Å². The predicted octanol–water partition coefficient (Wildman–Crippen LogP) is 3.27. The van der Waals surface area contributed by atoms with Crippen LogP contribution in [0.4, 0.5) is 13.6 Å². The molecule has 1 aromatic rings. The van der Waals surface area contributed by atoms with Crippen molar-refractivity contribution < 1.29 is 23.5 Å². The Balaban J connectivity index is 2.11. The molecule has 2 rings (SSSR count). The standard InChI is InChI=1S/C14H18F2N2O3/c1-14(2,11-5-6-21-18(11)13(19)20)7-9-3-4-10(12(15)16)17-8-9/h3-4,8,11-12H,5-7H2,1-2H3,(H,19,20)/t11-/m0/s1. The van der Waals surface area contributed by atoms with Gasteiger partial charge in [0.25, 0.3) is 6.43 Å². The van der Waals surface area contributed by atoms with Crippen LogP contribution >= 0.6 is 0 Å². The van der Waals surface area contributed by atoms with Crippen molar-refractivity contribution in [3.8, 4) is 0 Å². The number of amides is 1. The van der Waals surface area contributed by atoms with Crippen molar-refractivity contribution in [1.82, 2.24) is 10.0 Å². The van der Waals surface area contributed by atoms with Gasteiger partial charge in [-0.2, -0.15) is 5.06 Å². The van der Waals surface area contributed by atoms with E-state index in [2.05, 4.69) is 4.98 Å². The minimum atomic E-state index is -2.59. The fourth-order valence-corrected chi connectivity index (χ4v) is 2.68. The molecule has 0 unspecified atom stereocenters. The van der Waals surface area contributed by atoms with Gasteiger partial charge in [-0.1, -0.05) is 19.9 Å². The highest BCUT2D eigenvalue weighted by Crippen LogP contribution is 2.35. The first-order chi connectivity index (χ1) is 9.81. The van der Waals surface area contributed by atoms with Crippen LogP contribution in [0.25, 0.3) is 0 Å². The van der Waals surface area contributed by atoms with Crippen LogP contribution in [-0.2, 0) is 11.3 Å². The first kappa shape index (κ1) is 15.6. The van der Waals surface area contributed by atoms with E-state index in [4.69, 9.17) is 9.94 Å². The molecule has 1 N–H and O–H groups in total. The van der Waals surface area contributed by atoms with Gasteiger partial charge in [0.15, 0.2) is 0 Å². The number of carboxylic acid groups (broad SMARTS) is 1. The lowest BCUT2D eigenvalue weighted by atomic mass is 9.78. The Labute approximate surface area is 121 Å². The van der Waals surface area contributed by atoms with Gasteiger partial charge in [0, 0.05) is 6.20 Å². The Bertz CT molecular complexity index is 505. The van der Waals surface area contributed by atoms with E-state index in [-0.39, 0.29) is 17.2 Å². The Kier molecular flexibility index (Phi) is 4.41. The summed E-state index contributed by atoms with van der Waals surface area (Å²) < 4.78 is 24.9. The summed E-state index contributed by atoms with van der Waals surface area (Å²) in [5, 5.41) is 10.1. The normalized spacial score (nSPS) is 19.3. The van der Waals surface area contributed by atoms with Gasteiger partial charge in [-0.25, -0.2) is 13.6 Å². The molecular formula is C14H18F2N2O3. The number of alkyl halides is 2. The van der Waals surface area contributed by atoms with Crippen LogP contribution in [0.15, 0.2) is 18.3 Å². The van der Waals surface area contributed by atoms with E-state index in [9.17, 15) is 13.6 Å². The van der Waals surface area contributed by atoms with Gasteiger partial charge in [0.05, 0.1) is 12.6 Å². The molecule has 0 radical (unpaired) electrons. The van der Waals surface area contributed by atoms with Crippen LogP contribution in [-0.4, -0.2) is 33.9 Å². The zero-order valence-electron chi connectivity index (χ0n) is 11.9. The number of rotatable bonds is 4. The molecule has 116 valence electrons. The Morgan fingerprint density at radius 1 is 1.57 bits per heavy atom. The molecule has 2 heterocycles. The maximum Gasteiger partial charge on any atom is 0.431 e. The number of carbonyl (C=O) groups is 1. The van der Waals surface area contributed by atoms with Gasteiger partial charge in [-0.05, 0) is 29.9 Å². The third-order valence-corrected chi connectivity index (χ3v) is 3.73. The number of pyridine rings is 1. The zero-order valence-corrected chi connectivity index (χ0v) is 11.9. The summed E-state index contributed by atoms with van der Waals surface area (Å²) in [7, 11) is 0. The van der Waals surface area contributed by atoms with Crippen molar-refractivity contribution in [2.75, 3.05) is 6.61 Å². The minimum absolute atomic E-state index is 0.257. The van der Waals surface area contributed by atoms with E-state index in [1.54, 1.807) is 6.07 Å². The molecule has 0 spiro atoms. The molecule has 1 amide bonds. The van der Waals surface area contributed by atoms with Crippen LogP contribution in [0.2, 0.25) is 0 Å². The summed E-state index contributed by atoms with van der Waals surface area (Å²) >= 11 is 0. The third-order valence-electron chi connectivity index (χ3n) is 3.73. The van der Waals surface area contributed by atoms with Gasteiger partial charge < -0.3 is 5.11 Å². The fraction of sp³-hybridized carbons (Fsp3) is 0.571.